The molecule has 0 aliphatic carbocycles. The Hall–Kier alpha value is -5.54. The van der Waals surface area contributed by atoms with Crippen molar-refractivity contribution in [2.45, 2.75) is 33.3 Å². The number of aliphatic hydroxyl groups excluding tert-OH is 1. The first-order valence-electron chi connectivity index (χ1n) is 19.6. The van der Waals surface area contributed by atoms with Gasteiger partial charge in [0.15, 0.2) is 0 Å². The number of methoxy groups -OCH3 is 1. The van der Waals surface area contributed by atoms with Crippen LogP contribution < -0.4 is 4.74 Å². The second-order valence-electron chi connectivity index (χ2n) is 13.9. The van der Waals surface area contributed by atoms with Gasteiger partial charge in [0.1, 0.15) is 19.0 Å². The van der Waals surface area contributed by atoms with Crippen molar-refractivity contribution in [1.82, 2.24) is 9.13 Å². The summed E-state index contributed by atoms with van der Waals surface area (Å²) in [6.07, 6.45) is -0.126. The van der Waals surface area contributed by atoms with E-state index in [1.54, 1.807) is 115 Å². The normalized spacial score (nSPS) is 11.3. The van der Waals surface area contributed by atoms with Crippen LogP contribution in [0.4, 0.5) is 0 Å². The molecule has 2 aromatic heterocycles. The van der Waals surface area contributed by atoms with Crippen molar-refractivity contribution in [3.8, 4) is 5.75 Å². The molecule has 0 aliphatic rings. The summed E-state index contributed by atoms with van der Waals surface area (Å²) in [4.78, 5) is 52.8. The monoisotopic (exact) mass is 872 g/mol. The topological polar surface area (TPSA) is 154 Å². The Balaban J connectivity index is 0.872. The van der Waals surface area contributed by atoms with Crippen LogP contribution in [0.25, 0.3) is 21.8 Å². The molecule has 13 nitrogen and oxygen atoms in total. The SMILES string of the molecule is COc1ccc2c(c1)c(CC(=O)OCCOCCOCCOCCOC(=O)Cc1c(C)n(C(=O)c3ccc(Cl)cc3)c3ccc(CO)cc13)c(C)n2C(=O)c1ccc(Cl)cc1. The Morgan fingerprint density at radius 1 is 0.557 bits per heavy atom. The van der Waals surface area contributed by atoms with E-state index >= 15 is 0 Å². The molecule has 0 aliphatic heterocycles. The Bertz CT molecular complexity index is 2340. The Kier molecular flexibility index (Phi) is 15.7. The van der Waals surface area contributed by atoms with E-state index in [1.807, 2.05) is 0 Å². The first-order chi connectivity index (χ1) is 29.5. The summed E-state index contributed by atoms with van der Waals surface area (Å²) in [6.45, 7) is 4.90. The maximum absolute atomic E-state index is 13.5. The molecule has 0 fully saturated rings. The minimum atomic E-state index is -0.483. The molecule has 0 atom stereocenters. The van der Waals surface area contributed by atoms with Crippen LogP contribution in [0.15, 0.2) is 84.9 Å². The number of halogens is 2. The predicted octanol–water partition coefficient (Wildman–Crippen LogP) is 7.32. The van der Waals surface area contributed by atoms with Gasteiger partial charge in [-0.3, -0.25) is 28.3 Å². The number of aliphatic hydroxyl groups is 1. The van der Waals surface area contributed by atoms with Crippen molar-refractivity contribution in [2.75, 3.05) is 60.0 Å². The van der Waals surface area contributed by atoms with E-state index in [1.165, 1.54) is 0 Å². The fourth-order valence-electron chi connectivity index (χ4n) is 6.99. The summed E-state index contributed by atoms with van der Waals surface area (Å²) >= 11 is 12.0. The number of rotatable bonds is 20. The van der Waals surface area contributed by atoms with Crippen molar-refractivity contribution >= 4 is 68.8 Å². The van der Waals surface area contributed by atoms with Gasteiger partial charge >= 0.3 is 11.9 Å². The van der Waals surface area contributed by atoms with Gasteiger partial charge in [-0.2, -0.15) is 0 Å². The zero-order valence-corrected chi connectivity index (χ0v) is 35.6. The lowest BCUT2D eigenvalue weighted by Gasteiger charge is -2.09. The number of benzene rings is 4. The van der Waals surface area contributed by atoms with Crippen LogP contribution in [0.1, 0.15) is 48.8 Å². The van der Waals surface area contributed by atoms with E-state index in [9.17, 15) is 24.3 Å². The number of aromatic nitrogens is 2. The quantitative estimate of drug-likeness (QED) is 0.0607. The van der Waals surface area contributed by atoms with Crippen LogP contribution in [0.3, 0.4) is 0 Å². The van der Waals surface area contributed by atoms with Crippen LogP contribution in [-0.2, 0) is 52.7 Å². The van der Waals surface area contributed by atoms with Crippen molar-refractivity contribution < 1.29 is 52.7 Å². The first kappa shape index (κ1) is 45.0. The molecular formula is C46H46Cl2N2O11. The minimum absolute atomic E-state index is 0.0291. The fraction of sp³-hybridized carbons (Fsp3) is 0.304. The highest BCUT2D eigenvalue weighted by atomic mass is 35.5. The lowest BCUT2D eigenvalue weighted by molar-refractivity contribution is -0.145. The highest BCUT2D eigenvalue weighted by molar-refractivity contribution is 6.31. The van der Waals surface area contributed by atoms with Crippen molar-refractivity contribution in [3.63, 3.8) is 0 Å². The van der Waals surface area contributed by atoms with Crippen LogP contribution in [0.2, 0.25) is 10.0 Å². The molecule has 0 amide bonds. The summed E-state index contributed by atoms with van der Waals surface area (Å²) in [5, 5.41) is 12.2. The van der Waals surface area contributed by atoms with Gasteiger partial charge in [0.05, 0.1) is 77.2 Å². The van der Waals surface area contributed by atoms with Gasteiger partial charge in [-0.15, -0.1) is 0 Å². The summed E-state index contributed by atoms with van der Waals surface area (Å²) in [7, 11) is 1.55. The Morgan fingerprint density at radius 3 is 1.39 bits per heavy atom. The number of hydrogen-bond donors (Lipinski definition) is 1. The standard InChI is InChI=1S/C46H46Cl2N2O11/c1-29-37(39-24-31(28-51)4-14-41(39)49(29)45(54)32-5-9-34(47)10-6-32)26-43(52)60-22-20-58-18-16-57-17-19-59-21-23-61-44(53)27-38-30(2)50(42-15-13-36(56-3)25-40(38)42)46(55)33-7-11-35(48)12-8-33/h4-15,24-25,51H,16-23,26-28H2,1-3H3. The molecule has 6 aromatic rings. The molecule has 0 saturated carbocycles. The molecule has 15 heteroatoms. The smallest absolute Gasteiger partial charge is 0.310 e. The van der Waals surface area contributed by atoms with E-state index in [4.69, 9.17) is 51.6 Å². The van der Waals surface area contributed by atoms with E-state index in [2.05, 4.69) is 0 Å². The van der Waals surface area contributed by atoms with Gasteiger partial charge in [0, 0.05) is 43.3 Å². The summed E-state index contributed by atoms with van der Waals surface area (Å²) < 4.78 is 36.1. The second-order valence-corrected chi connectivity index (χ2v) is 14.8. The third kappa shape index (κ3) is 11.1. The van der Waals surface area contributed by atoms with Gasteiger partial charge in [-0.05, 0) is 109 Å². The number of carbonyl (C=O) groups is 4. The average Bonchev–Trinajstić information content (AvgIpc) is 3.69. The Labute approximate surface area is 362 Å². The van der Waals surface area contributed by atoms with Crippen LogP contribution in [0, 0.1) is 13.8 Å². The third-order valence-corrected chi connectivity index (χ3v) is 10.6. The molecule has 0 unspecified atom stereocenters. The molecule has 320 valence electrons. The number of carbonyl (C=O) groups excluding carboxylic acids is 4. The number of nitrogens with zero attached hydrogens (tertiary/aromatic N) is 2. The van der Waals surface area contributed by atoms with Gasteiger partial charge < -0.3 is 33.5 Å². The lowest BCUT2D eigenvalue weighted by atomic mass is 10.1. The molecule has 0 radical (unpaired) electrons. The summed E-state index contributed by atoms with van der Waals surface area (Å²) in [5.74, 6) is -0.870. The molecule has 6 rings (SSSR count). The van der Waals surface area contributed by atoms with Crippen LogP contribution in [-0.4, -0.2) is 98.0 Å². The van der Waals surface area contributed by atoms with E-state index in [-0.39, 0.29) is 77.5 Å². The zero-order chi connectivity index (χ0) is 43.5. The number of ether oxygens (including phenoxy) is 6. The lowest BCUT2D eigenvalue weighted by Crippen LogP contribution is -2.17. The van der Waals surface area contributed by atoms with Gasteiger partial charge in [-0.25, -0.2) is 0 Å². The molecule has 1 N–H and O–H groups in total. The first-order valence-corrected chi connectivity index (χ1v) is 20.3. The van der Waals surface area contributed by atoms with Gasteiger partial charge in [0.2, 0.25) is 0 Å². The zero-order valence-electron chi connectivity index (χ0n) is 34.0. The predicted molar refractivity (Wildman–Crippen MR) is 230 cm³/mol. The fourth-order valence-corrected chi connectivity index (χ4v) is 7.24. The minimum Gasteiger partial charge on any atom is -0.497 e. The average molecular weight is 874 g/mol. The molecule has 61 heavy (non-hydrogen) atoms. The third-order valence-electron chi connectivity index (χ3n) is 10.1. The highest BCUT2D eigenvalue weighted by Crippen LogP contribution is 2.32. The molecule has 0 saturated heterocycles. The van der Waals surface area contributed by atoms with E-state index in [0.717, 1.165) is 0 Å². The van der Waals surface area contributed by atoms with Gasteiger partial charge in [-0.1, -0.05) is 29.3 Å². The second kappa shape index (κ2) is 21.3. The summed E-state index contributed by atoms with van der Waals surface area (Å²) in [5.41, 5.74) is 5.32. The van der Waals surface area contributed by atoms with Crippen LogP contribution >= 0.6 is 23.2 Å². The molecule has 0 spiro atoms. The highest BCUT2D eigenvalue weighted by Gasteiger charge is 2.24. The maximum Gasteiger partial charge on any atom is 0.310 e. The molecule has 0 bridgehead atoms. The number of fused-ring (bicyclic) bond motifs is 2. The largest absolute Gasteiger partial charge is 0.497 e. The maximum atomic E-state index is 13.5. The molecule has 4 aromatic carbocycles. The van der Waals surface area contributed by atoms with Gasteiger partial charge in [0.25, 0.3) is 11.8 Å². The molecule has 2 heterocycles. The van der Waals surface area contributed by atoms with Crippen molar-refractivity contribution in [2.24, 2.45) is 0 Å². The molecular weight excluding hydrogens is 827 g/mol. The van der Waals surface area contributed by atoms with Crippen LogP contribution in [0.5, 0.6) is 5.75 Å². The van der Waals surface area contributed by atoms with Crippen molar-refractivity contribution in [1.29, 1.82) is 0 Å². The number of hydrogen-bond acceptors (Lipinski definition) is 11. The summed E-state index contributed by atoms with van der Waals surface area (Å²) in [6, 6.07) is 23.8. The van der Waals surface area contributed by atoms with Crippen molar-refractivity contribution in [3.05, 3.63) is 134 Å². The van der Waals surface area contributed by atoms with E-state index < -0.39 is 11.9 Å². The number of esters is 2. The Morgan fingerprint density at radius 2 is 0.967 bits per heavy atom. The van der Waals surface area contributed by atoms with E-state index in [0.29, 0.717) is 83.4 Å².